The zero-order valence-electron chi connectivity index (χ0n) is 14.3. The van der Waals surface area contributed by atoms with Gasteiger partial charge in [0, 0.05) is 18.7 Å². The lowest BCUT2D eigenvalue weighted by molar-refractivity contribution is -0.116. The van der Waals surface area contributed by atoms with Crippen molar-refractivity contribution in [1.82, 2.24) is 19.5 Å². The highest BCUT2D eigenvalue weighted by atomic mass is 32.2. The molecule has 2 heterocycles. The first-order chi connectivity index (χ1) is 13.0. The summed E-state index contributed by atoms with van der Waals surface area (Å²) in [5.74, 6) is -0.0504. The molecule has 3 aromatic rings. The molecule has 2 N–H and O–H groups in total. The van der Waals surface area contributed by atoms with Crippen LogP contribution < -0.4 is 10.0 Å². The van der Waals surface area contributed by atoms with Gasteiger partial charge in [-0.2, -0.15) is 5.10 Å². The van der Waals surface area contributed by atoms with E-state index in [4.69, 9.17) is 0 Å². The number of hydrogen-bond acceptors (Lipinski definition) is 5. The molecule has 0 atom stereocenters. The van der Waals surface area contributed by atoms with Gasteiger partial charge in [0.25, 0.3) is 0 Å². The quantitative estimate of drug-likeness (QED) is 0.697. The average molecular weight is 383 g/mol. The highest BCUT2D eigenvalue weighted by Crippen LogP contribution is 2.25. The van der Waals surface area contributed by atoms with Crippen LogP contribution in [0.5, 0.6) is 0 Å². The van der Waals surface area contributed by atoms with Crippen LogP contribution in [0.15, 0.2) is 60.0 Å². The number of anilines is 1. The molecule has 8 nitrogen and oxygen atoms in total. The van der Waals surface area contributed by atoms with Gasteiger partial charge in [0.1, 0.15) is 12.7 Å². The van der Waals surface area contributed by atoms with Crippen molar-refractivity contribution in [2.24, 2.45) is 0 Å². The Morgan fingerprint density at radius 3 is 2.67 bits per heavy atom. The number of sulfonamides is 1. The summed E-state index contributed by atoms with van der Waals surface area (Å²) >= 11 is 0. The van der Waals surface area contributed by atoms with E-state index in [2.05, 4.69) is 20.1 Å². The van der Waals surface area contributed by atoms with Crippen molar-refractivity contribution in [2.75, 3.05) is 5.32 Å². The number of nitrogens with one attached hydrogen (secondary N) is 2. The molecule has 0 saturated carbocycles. The predicted octanol–water partition coefficient (Wildman–Crippen LogP) is 1.63. The van der Waals surface area contributed by atoms with Crippen LogP contribution in [-0.4, -0.2) is 29.1 Å². The molecular weight excluding hydrogens is 366 g/mol. The van der Waals surface area contributed by atoms with E-state index >= 15 is 0 Å². The SMILES string of the molecule is O=C1CCc2cc(S(=O)(=O)NCc3ccc(-n4cncn4)cc3)ccc2N1. The van der Waals surface area contributed by atoms with Crippen LogP contribution in [0.1, 0.15) is 17.5 Å². The van der Waals surface area contributed by atoms with E-state index in [1.54, 1.807) is 23.1 Å². The molecule has 1 aliphatic rings. The fourth-order valence-electron chi connectivity index (χ4n) is 2.90. The normalized spacial score (nSPS) is 13.9. The van der Waals surface area contributed by atoms with Gasteiger partial charge in [0.05, 0.1) is 10.6 Å². The Bertz CT molecular complexity index is 1080. The summed E-state index contributed by atoms with van der Waals surface area (Å²) in [4.78, 5) is 15.5. The monoisotopic (exact) mass is 383 g/mol. The maximum absolute atomic E-state index is 12.6. The molecule has 9 heteroatoms. The minimum absolute atomic E-state index is 0.0504. The molecule has 1 aromatic heterocycles. The van der Waals surface area contributed by atoms with Crippen molar-refractivity contribution in [1.29, 1.82) is 0 Å². The van der Waals surface area contributed by atoms with Crippen LogP contribution in [0.2, 0.25) is 0 Å². The number of rotatable bonds is 5. The van der Waals surface area contributed by atoms with Crippen LogP contribution in [0.3, 0.4) is 0 Å². The molecule has 27 heavy (non-hydrogen) atoms. The molecule has 0 bridgehead atoms. The Hall–Kier alpha value is -3.04. The first-order valence-corrected chi connectivity index (χ1v) is 9.86. The molecule has 0 fully saturated rings. The second-order valence-corrected chi connectivity index (χ2v) is 7.97. The molecule has 1 amide bonds. The minimum atomic E-state index is -3.65. The predicted molar refractivity (Wildman–Crippen MR) is 98.8 cm³/mol. The van der Waals surface area contributed by atoms with Gasteiger partial charge in [-0.15, -0.1) is 0 Å². The zero-order valence-corrected chi connectivity index (χ0v) is 15.1. The highest BCUT2D eigenvalue weighted by Gasteiger charge is 2.19. The molecule has 0 aliphatic carbocycles. The lowest BCUT2D eigenvalue weighted by Gasteiger charge is -2.17. The molecule has 4 rings (SSSR count). The van der Waals surface area contributed by atoms with E-state index in [9.17, 15) is 13.2 Å². The summed E-state index contributed by atoms with van der Waals surface area (Å²) in [5, 5.41) is 6.80. The molecule has 0 spiro atoms. The van der Waals surface area contributed by atoms with Crippen molar-refractivity contribution < 1.29 is 13.2 Å². The second-order valence-electron chi connectivity index (χ2n) is 6.20. The van der Waals surface area contributed by atoms with Gasteiger partial charge in [0.15, 0.2) is 0 Å². The molecule has 0 unspecified atom stereocenters. The fraction of sp³-hybridized carbons (Fsp3) is 0.167. The van der Waals surface area contributed by atoms with Gasteiger partial charge < -0.3 is 5.32 Å². The van der Waals surface area contributed by atoms with Gasteiger partial charge in [-0.25, -0.2) is 22.8 Å². The number of aryl methyl sites for hydroxylation is 1. The van der Waals surface area contributed by atoms with Crippen molar-refractivity contribution in [3.8, 4) is 5.69 Å². The fourth-order valence-corrected chi connectivity index (χ4v) is 3.96. The summed E-state index contributed by atoms with van der Waals surface area (Å²) < 4.78 is 29.4. The maximum Gasteiger partial charge on any atom is 0.240 e. The van der Waals surface area contributed by atoms with E-state index in [-0.39, 0.29) is 17.3 Å². The van der Waals surface area contributed by atoms with Gasteiger partial charge in [-0.1, -0.05) is 12.1 Å². The number of benzene rings is 2. The Kier molecular flexibility index (Phi) is 4.46. The number of carbonyl (C=O) groups is 1. The van der Waals surface area contributed by atoms with Crippen molar-refractivity contribution in [3.63, 3.8) is 0 Å². The van der Waals surface area contributed by atoms with Crippen molar-refractivity contribution >= 4 is 21.6 Å². The average Bonchev–Trinajstić information content (AvgIpc) is 3.21. The number of amides is 1. The molecular formula is C18H17N5O3S. The number of nitrogens with zero attached hydrogens (tertiary/aromatic N) is 3. The third-order valence-electron chi connectivity index (χ3n) is 4.37. The molecule has 138 valence electrons. The van der Waals surface area contributed by atoms with E-state index in [0.29, 0.717) is 18.5 Å². The van der Waals surface area contributed by atoms with Gasteiger partial charge in [-0.3, -0.25) is 4.79 Å². The summed E-state index contributed by atoms with van der Waals surface area (Å²) in [7, 11) is -3.65. The first-order valence-electron chi connectivity index (χ1n) is 8.38. The smallest absolute Gasteiger partial charge is 0.240 e. The van der Waals surface area contributed by atoms with Crippen LogP contribution in [0.4, 0.5) is 5.69 Å². The Balaban J connectivity index is 1.46. The van der Waals surface area contributed by atoms with E-state index in [1.807, 2.05) is 24.3 Å². The van der Waals surface area contributed by atoms with Crippen molar-refractivity contribution in [2.45, 2.75) is 24.3 Å². The van der Waals surface area contributed by atoms with E-state index in [1.165, 1.54) is 12.4 Å². The Morgan fingerprint density at radius 1 is 1.11 bits per heavy atom. The molecule has 1 aliphatic heterocycles. The molecule has 0 saturated heterocycles. The zero-order chi connectivity index (χ0) is 18.9. The lowest BCUT2D eigenvalue weighted by atomic mass is 10.0. The first kappa shape index (κ1) is 17.4. The maximum atomic E-state index is 12.6. The third-order valence-corrected chi connectivity index (χ3v) is 5.77. The number of aromatic nitrogens is 3. The number of hydrogen-bond donors (Lipinski definition) is 2. The standard InChI is InChI=1S/C18H17N5O3S/c24-18-8-3-14-9-16(6-7-17(14)22-18)27(25,26)21-10-13-1-4-15(5-2-13)23-12-19-11-20-23/h1-2,4-7,9,11-12,21H,3,8,10H2,(H,22,24). The largest absolute Gasteiger partial charge is 0.326 e. The van der Waals surface area contributed by atoms with Gasteiger partial charge >= 0.3 is 0 Å². The Morgan fingerprint density at radius 2 is 1.93 bits per heavy atom. The minimum Gasteiger partial charge on any atom is -0.326 e. The van der Waals surface area contributed by atoms with Crippen molar-refractivity contribution in [3.05, 3.63) is 66.2 Å². The third kappa shape index (κ3) is 3.74. The van der Waals surface area contributed by atoms with Crippen LogP contribution in [-0.2, 0) is 27.8 Å². The topological polar surface area (TPSA) is 106 Å². The van der Waals surface area contributed by atoms with Gasteiger partial charge in [-0.05, 0) is 47.9 Å². The molecule has 2 aromatic carbocycles. The lowest BCUT2D eigenvalue weighted by Crippen LogP contribution is -2.24. The number of carbonyl (C=O) groups excluding carboxylic acids is 1. The van der Waals surface area contributed by atoms with Gasteiger partial charge in [0.2, 0.25) is 15.9 Å². The van der Waals surface area contributed by atoms with E-state index < -0.39 is 10.0 Å². The van der Waals surface area contributed by atoms with Crippen LogP contribution in [0, 0.1) is 0 Å². The number of fused-ring (bicyclic) bond motifs is 1. The van der Waals surface area contributed by atoms with E-state index in [0.717, 1.165) is 16.8 Å². The summed E-state index contributed by atoms with van der Waals surface area (Å²) in [5.41, 5.74) is 3.17. The second kappa shape index (κ2) is 6.93. The summed E-state index contributed by atoms with van der Waals surface area (Å²) in [6.07, 6.45) is 3.94. The van der Waals surface area contributed by atoms with Crippen LogP contribution in [0.25, 0.3) is 5.69 Å². The Labute approximate surface area is 156 Å². The highest BCUT2D eigenvalue weighted by molar-refractivity contribution is 7.89. The summed E-state index contributed by atoms with van der Waals surface area (Å²) in [6, 6.07) is 12.1. The molecule has 0 radical (unpaired) electrons. The summed E-state index contributed by atoms with van der Waals surface area (Å²) in [6.45, 7) is 0.174. The van der Waals surface area contributed by atoms with Crippen LogP contribution >= 0.6 is 0 Å².